The summed E-state index contributed by atoms with van der Waals surface area (Å²) in [7, 11) is 0. The highest BCUT2D eigenvalue weighted by molar-refractivity contribution is 14.2. The summed E-state index contributed by atoms with van der Waals surface area (Å²) >= 11 is -0.902. The number of rotatable bonds is 1. The first-order valence-electron chi connectivity index (χ1n) is 2.98. The Morgan fingerprint density at radius 3 is 2.45 bits per heavy atom. The second kappa shape index (κ2) is 3.17. The number of phenols is 2. The molecule has 1 aromatic carbocycles. The van der Waals surface area contributed by atoms with Crippen molar-refractivity contribution in [2.45, 2.75) is 6.92 Å². The minimum atomic E-state index is -0.902. The monoisotopic (exact) mass is 265 g/mol. The van der Waals surface area contributed by atoms with Crippen LogP contribution in [0.25, 0.3) is 0 Å². The first-order valence-corrected chi connectivity index (χ1v) is 5.14. The van der Waals surface area contributed by atoms with Crippen molar-refractivity contribution in [3.8, 4) is 11.5 Å². The van der Waals surface area contributed by atoms with Gasteiger partial charge in [-0.05, 0) is 24.6 Å². The maximum atomic E-state index is 9.21. The average molecular weight is 265 g/mol. The highest BCUT2D eigenvalue weighted by Gasteiger charge is 2.02. The molecule has 0 atom stereocenters. The van der Waals surface area contributed by atoms with Crippen LogP contribution in [0.4, 0.5) is 0 Å². The molecule has 0 saturated heterocycles. The number of aryl methyl sites for hydroxylation is 1. The molecule has 0 aliphatic rings. The fourth-order valence-electron chi connectivity index (χ4n) is 0.731. The molecule has 0 amide bonds. The second-order valence-corrected chi connectivity index (χ2v) is 3.89. The SMILES string of the molecule is Cc1cc(O)c(I=N)cc1O. The minimum absolute atomic E-state index is 0.128. The standard InChI is InChI=1S/C7H8INO2/c1-4-2-7(11)5(8-9)3-6(4)10/h2-3,9-11H,1H3. The van der Waals surface area contributed by atoms with Gasteiger partial charge < -0.3 is 10.2 Å². The maximum absolute atomic E-state index is 9.21. The van der Waals surface area contributed by atoms with Crippen LogP contribution in [0, 0.1) is 14.1 Å². The van der Waals surface area contributed by atoms with Crippen LogP contribution >= 0.6 is 21.0 Å². The van der Waals surface area contributed by atoms with Gasteiger partial charge in [-0.2, -0.15) is 0 Å². The molecule has 0 bridgehead atoms. The third-order valence-electron chi connectivity index (χ3n) is 1.37. The van der Waals surface area contributed by atoms with Gasteiger partial charge in [0.1, 0.15) is 11.5 Å². The van der Waals surface area contributed by atoms with Gasteiger partial charge in [-0.3, -0.25) is 3.56 Å². The molecule has 11 heavy (non-hydrogen) atoms. The molecule has 0 unspecified atom stereocenters. The molecule has 1 aromatic rings. The van der Waals surface area contributed by atoms with Crippen molar-refractivity contribution in [1.82, 2.24) is 0 Å². The van der Waals surface area contributed by atoms with E-state index in [2.05, 4.69) is 0 Å². The Morgan fingerprint density at radius 1 is 1.27 bits per heavy atom. The van der Waals surface area contributed by atoms with E-state index in [0.29, 0.717) is 9.13 Å². The topological polar surface area (TPSA) is 64.3 Å². The molecule has 0 radical (unpaired) electrons. The van der Waals surface area contributed by atoms with E-state index in [4.69, 9.17) is 3.56 Å². The van der Waals surface area contributed by atoms with Gasteiger partial charge in [0.2, 0.25) is 0 Å². The normalized spacial score (nSPS) is 9.91. The Bertz CT molecular complexity index is 299. The lowest BCUT2D eigenvalue weighted by Crippen LogP contribution is -1.78. The first kappa shape index (κ1) is 8.45. The number of phenolic OH excluding ortho intramolecular Hbond substituents is 2. The van der Waals surface area contributed by atoms with E-state index >= 15 is 0 Å². The van der Waals surface area contributed by atoms with Crippen LogP contribution < -0.4 is 0 Å². The lowest BCUT2D eigenvalue weighted by atomic mass is 10.2. The van der Waals surface area contributed by atoms with Crippen molar-refractivity contribution in [1.29, 1.82) is 3.56 Å². The van der Waals surface area contributed by atoms with E-state index in [-0.39, 0.29) is 11.5 Å². The zero-order valence-corrected chi connectivity index (χ0v) is 8.08. The van der Waals surface area contributed by atoms with Crippen LogP contribution in [0.5, 0.6) is 11.5 Å². The number of halogens is 1. The van der Waals surface area contributed by atoms with Gasteiger partial charge in [0.05, 0.1) is 3.57 Å². The van der Waals surface area contributed by atoms with Crippen molar-refractivity contribution in [2.75, 3.05) is 0 Å². The van der Waals surface area contributed by atoms with E-state index in [1.54, 1.807) is 6.92 Å². The van der Waals surface area contributed by atoms with Crippen LogP contribution in [0.2, 0.25) is 0 Å². The summed E-state index contributed by atoms with van der Waals surface area (Å²) in [6, 6.07) is 2.95. The predicted octanol–water partition coefficient (Wildman–Crippen LogP) is 2.31. The van der Waals surface area contributed by atoms with Gasteiger partial charge in [0, 0.05) is 21.0 Å². The van der Waals surface area contributed by atoms with Gasteiger partial charge in [0.25, 0.3) is 0 Å². The summed E-state index contributed by atoms with van der Waals surface area (Å²) in [6.45, 7) is 1.71. The zero-order valence-electron chi connectivity index (χ0n) is 5.93. The fraction of sp³-hybridized carbons (Fsp3) is 0.143. The van der Waals surface area contributed by atoms with E-state index in [1.165, 1.54) is 12.1 Å². The van der Waals surface area contributed by atoms with Gasteiger partial charge in [-0.25, -0.2) is 0 Å². The molecule has 4 heteroatoms. The van der Waals surface area contributed by atoms with Crippen LogP contribution in [-0.2, 0) is 0 Å². The molecule has 0 aliphatic carbocycles. The zero-order chi connectivity index (χ0) is 8.43. The van der Waals surface area contributed by atoms with Crippen LogP contribution in [0.15, 0.2) is 12.1 Å². The number of hydrogen-bond acceptors (Lipinski definition) is 3. The molecular weight excluding hydrogens is 257 g/mol. The van der Waals surface area contributed by atoms with Crippen LogP contribution in [0.3, 0.4) is 0 Å². The lowest BCUT2D eigenvalue weighted by molar-refractivity contribution is 0.453. The molecule has 3 nitrogen and oxygen atoms in total. The maximum Gasteiger partial charge on any atom is 0.130 e. The highest BCUT2D eigenvalue weighted by Crippen LogP contribution is 2.29. The number of nitrogens with one attached hydrogen (secondary N) is 1. The molecular formula is C7H8INO2. The lowest BCUT2D eigenvalue weighted by Gasteiger charge is -2.01. The molecule has 1 rings (SSSR count). The summed E-state index contributed by atoms with van der Waals surface area (Å²) in [6.07, 6.45) is 0. The van der Waals surface area contributed by atoms with Gasteiger partial charge in [-0.1, -0.05) is 0 Å². The number of aromatic hydroxyl groups is 2. The minimum Gasteiger partial charge on any atom is -0.508 e. The summed E-state index contributed by atoms with van der Waals surface area (Å²) in [5.74, 6) is 0.285. The summed E-state index contributed by atoms with van der Waals surface area (Å²) < 4.78 is 7.65. The molecule has 0 spiro atoms. The number of hydrogen-bond donors (Lipinski definition) is 3. The predicted molar refractivity (Wildman–Crippen MR) is 49.9 cm³/mol. The van der Waals surface area contributed by atoms with Crippen molar-refractivity contribution in [3.05, 3.63) is 21.3 Å². The van der Waals surface area contributed by atoms with Crippen LogP contribution in [0.1, 0.15) is 5.56 Å². The van der Waals surface area contributed by atoms with Crippen molar-refractivity contribution >= 4 is 21.0 Å². The average Bonchev–Trinajstić information content (AvgIpc) is 1.97. The van der Waals surface area contributed by atoms with Crippen molar-refractivity contribution < 1.29 is 10.2 Å². The van der Waals surface area contributed by atoms with E-state index in [0.717, 1.165) is 0 Å². The molecule has 0 aliphatic heterocycles. The smallest absolute Gasteiger partial charge is 0.130 e. The Labute approximate surface area is 74.6 Å². The Balaban J connectivity index is 3.31. The Hall–Kier alpha value is -0.650. The summed E-state index contributed by atoms with van der Waals surface area (Å²) in [5.41, 5.74) is 0.642. The molecule has 0 aromatic heterocycles. The Kier molecular flexibility index (Phi) is 2.43. The molecule has 60 valence electrons. The third-order valence-corrected chi connectivity index (χ3v) is 2.81. The van der Waals surface area contributed by atoms with Crippen molar-refractivity contribution in [2.24, 2.45) is 0 Å². The van der Waals surface area contributed by atoms with Gasteiger partial charge in [0.15, 0.2) is 0 Å². The molecule has 3 N–H and O–H groups in total. The second-order valence-electron chi connectivity index (χ2n) is 2.18. The first-order chi connectivity index (χ1) is 5.15. The summed E-state index contributed by atoms with van der Waals surface area (Å²) in [4.78, 5) is 0. The van der Waals surface area contributed by atoms with Crippen molar-refractivity contribution in [3.63, 3.8) is 0 Å². The third kappa shape index (κ3) is 1.68. The van der Waals surface area contributed by atoms with E-state index < -0.39 is 21.0 Å². The molecule has 0 fully saturated rings. The fourth-order valence-corrected chi connectivity index (χ4v) is 1.61. The highest BCUT2D eigenvalue weighted by atomic mass is 127. The van der Waals surface area contributed by atoms with Gasteiger partial charge >= 0.3 is 0 Å². The largest absolute Gasteiger partial charge is 0.508 e. The molecule has 0 heterocycles. The van der Waals surface area contributed by atoms with E-state index in [1.807, 2.05) is 0 Å². The number of benzene rings is 1. The molecule has 0 saturated carbocycles. The van der Waals surface area contributed by atoms with E-state index in [9.17, 15) is 10.2 Å². The summed E-state index contributed by atoms with van der Waals surface area (Å²) in [5, 5.41) is 18.4. The van der Waals surface area contributed by atoms with Crippen LogP contribution in [-0.4, -0.2) is 10.2 Å². The quantitative estimate of drug-likeness (QED) is 0.539. The Morgan fingerprint density at radius 2 is 1.91 bits per heavy atom. The van der Waals surface area contributed by atoms with Gasteiger partial charge in [-0.15, -0.1) is 0 Å².